The van der Waals surface area contributed by atoms with E-state index in [9.17, 15) is 5.26 Å². The fourth-order valence-corrected chi connectivity index (χ4v) is 3.89. The van der Waals surface area contributed by atoms with E-state index in [1.807, 2.05) is 36.4 Å². The summed E-state index contributed by atoms with van der Waals surface area (Å²) in [6, 6.07) is 18.4. The molecule has 0 saturated carbocycles. The molecule has 2 heterocycles. The van der Waals surface area contributed by atoms with Crippen molar-refractivity contribution in [3.05, 3.63) is 60.3 Å². The van der Waals surface area contributed by atoms with E-state index in [2.05, 4.69) is 44.6 Å². The van der Waals surface area contributed by atoms with Crippen molar-refractivity contribution < 1.29 is 0 Å². The lowest BCUT2D eigenvalue weighted by Crippen LogP contribution is -2.18. The van der Waals surface area contributed by atoms with Gasteiger partial charge in [0.1, 0.15) is 6.07 Å². The highest BCUT2D eigenvalue weighted by atomic mass is 32.2. The lowest BCUT2D eigenvalue weighted by atomic mass is 10.1. The number of benzene rings is 2. The predicted octanol–water partition coefficient (Wildman–Crippen LogP) is 5.08. The van der Waals surface area contributed by atoms with Crippen molar-refractivity contribution >= 4 is 29.1 Å². The molecule has 2 aromatic carbocycles. The Morgan fingerprint density at radius 3 is 2.75 bits per heavy atom. The maximum Gasteiger partial charge on any atom is 0.227 e. The van der Waals surface area contributed by atoms with Crippen molar-refractivity contribution in [1.29, 1.82) is 5.26 Å². The molecule has 1 fully saturated rings. The monoisotopic (exact) mass is 387 g/mol. The van der Waals surface area contributed by atoms with E-state index in [0.717, 1.165) is 35.7 Å². The van der Waals surface area contributed by atoms with E-state index >= 15 is 0 Å². The van der Waals surface area contributed by atoms with Gasteiger partial charge in [-0.2, -0.15) is 5.26 Å². The number of hydrogen-bond acceptors (Lipinski definition) is 6. The molecule has 0 amide bonds. The summed E-state index contributed by atoms with van der Waals surface area (Å²) < 4.78 is 0. The average molecular weight is 388 g/mol. The van der Waals surface area contributed by atoms with Crippen LogP contribution in [0, 0.1) is 11.3 Å². The molecule has 0 aliphatic carbocycles. The highest BCUT2D eigenvalue weighted by Gasteiger charge is 2.16. The number of thioether (sulfide) groups is 1. The van der Waals surface area contributed by atoms with Crippen LogP contribution in [0.15, 0.2) is 59.6 Å². The zero-order valence-electron chi connectivity index (χ0n) is 15.7. The molecule has 0 spiro atoms. The SMILES string of the molecule is CSc1cccc(Nc2nccc(-c3ccc(N4CCCC4)c(C#N)c3)n2)c1. The van der Waals surface area contributed by atoms with Gasteiger partial charge >= 0.3 is 0 Å². The van der Waals surface area contributed by atoms with E-state index in [-0.39, 0.29) is 0 Å². The van der Waals surface area contributed by atoms with Crippen LogP contribution in [0.2, 0.25) is 0 Å². The van der Waals surface area contributed by atoms with Crippen molar-refractivity contribution in [1.82, 2.24) is 9.97 Å². The summed E-state index contributed by atoms with van der Waals surface area (Å²) in [5, 5.41) is 12.9. The van der Waals surface area contributed by atoms with Gasteiger partial charge in [-0.15, -0.1) is 11.8 Å². The first-order chi connectivity index (χ1) is 13.8. The van der Waals surface area contributed by atoms with Crippen molar-refractivity contribution in [2.45, 2.75) is 17.7 Å². The molecule has 1 aliphatic heterocycles. The summed E-state index contributed by atoms with van der Waals surface area (Å²) in [7, 11) is 0. The molecule has 0 radical (unpaired) electrons. The van der Waals surface area contributed by atoms with Gasteiger partial charge in [0.2, 0.25) is 5.95 Å². The van der Waals surface area contributed by atoms with Crippen molar-refractivity contribution in [2.75, 3.05) is 29.6 Å². The van der Waals surface area contributed by atoms with Gasteiger partial charge in [0.25, 0.3) is 0 Å². The molecular formula is C22H21N5S. The quantitative estimate of drug-likeness (QED) is 0.616. The summed E-state index contributed by atoms with van der Waals surface area (Å²) in [5.41, 5.74) is 4.38. The van der Waals surface area contributed by atoms with Crippen LogP contribution in [0.4, 0.5) is 17.3 Å². The van der Waals surface area contributed by atoms with Crippen LogP contribution in [-0.2, 0) is 0 Å². The maximum atomic E-state index is 9.63. The molecule has 0 bridgehead atoms. The Labute approximate surface area is 169 Å². The van der Waals surface area contributed by atoms with Gasteiger partial charge < -0.3 is 10.2 Å². The second-order valence-corrected chi connectivity index (χ2v) is 7.54. The third-order valence-corrected chi connectivity index (χ3v) is 5.57. The number of nitrogens with one attached hydrogen (secondary N) is 1. The fraction of sp³-hybridized carbons (Fsp3) is 0.227. The molecule has 3 aromatic rings. The van der Waals surface area contributed by atoms with Crippen LogP contribution in [0.25, 0.3) is 11.3 Å². The summed E-state index contributed by atoms with van der Waals surface area (Å²) in [4.78, 5) is 12.4. The smallest absolute Gasteiger partial charge is 0.227 e. The topological polar surface area (TPSA) is 64.8 Å². The molecule has 0 atom stereocenters. The van der Waals surface area contributed by atoms with E-state index < -0.39 is 0 Å². The number of nitrogens with zero attached hydrogens (tertiary/aromatic N) is 4. The Balaban J connectivity index is 1.61. The second kappa shape index (κ2) is 8.32. The van der Waals surface area contributed by atoms with E-state index in [0.29, 0.717) is 11.5 Å². The molecule has 0 unspecified atom stereocenters. The van der Waals surface area contributed by atoms with Gasteiger partial charge in [-0.25, -0.2) is 9.97 Å². The zero-order chi connectivity index (χ0) is 19.3. The van der Waals surface area contributed by atoms with Gasteiger partial charge in [0.15, 0.2) is 0 Å². The molecule has 4 rings (SSSR count). The Bertz CT molecular complexity index is 1020. The normalized spacial score (nSPS) is 13.4. The molecular weight excluding hydrogens is 366 g/mol. The molecule has 6 heteroatoms. The Kier molecular flexibility index (Phi) is 5.45. The Morgan fingerprint density at radius 2 is 1.96 bits per heavy atom. The van der Waals surface area contributed by atoms with Crippen molar-refractivity contribution in [3.63, 3.8) is 0 Å². The fourth-order valence-electron chi connectivity index (χ4n) is 3.43. The van der Waals surface area contributed by atoms with Crippen LogP contribution < -0.4 is 10.2 Å². The number of aromatic nitrogens is 2. The Morgan fingerprint density at radius 1 is 1.11 bits per heavy atom. The van der Waals surface area contributed by atoms with Gasteiger partial charge in [-0.1, -0.05) is 12.1 Å². The van der Waals surface area contributed by atoms with E-state index in [1.165, 1.54) is 17.7 Å². The maximum absolute atomic E-state index is 9.63. The number of rotatable bonds is 5. The molecule has 140 valence electrons. The minimum absolute atomic E-state index is 0.540. The first-order valence-electron chi connectivity index (χ1n) is 9.30. The molecule has 1 aromatic heterocycles. The van der Waals surface area contributed by atoms with Crippen molar-refractivity contribution in [3.8, 4) is 17.3 Å². The summed E-state index contributed by atoms with van der Waals surface area (Å²) in [6.45, 7) is 2.04. The summed E-state index contributed by atoms with van der Waals surface area (Å²) >= 11 is 1.69. The van der Waals surface area contributed by atoms with Crippen molar-refractivity contribution in [2.24, 2.45) is 0 Å². The van der Waals surface area contributed by atoms with Gasteiger partial charge in [0, 0.05) is 35.4 Å². The standard InChI is InChI=1S/C22H21N5S/c1-28-19-6-4-5-18(14-19)25-22-24-10-9-20(26-22)16-7-8-21(17(13-16)15-23)27-11-2-3-12-27/h4-10,13-14H,2-3,11-12H2,1H3,(H,24,25,26). The number of hydrogen-bond donors (Lipinski definition) is 1. The van der Waals surface area contributed by atoms with Gasteiger partial charge in [-0.05, 0) is 55.5 Å². The lowest BCUT2D eigenvalue weighted by molar-refractivity contribution is 0.949. The molecule has 1 N–H and O–H groups in total. The van der Waals surface area contributed by atoms with Crippen LogP contribution in [0.5, 0.6) is 0 Å². The van der Waals surface area contributed by atoms with Gasteiger partial charge in [0.05, 0.1) is 16.9 Å². The average Bonchev–Trinajstić information content (AvgIpc) is 3.28. The van der Waals surface area contributed by atoms with Crippen LogP contribution in [0.3, 0.4) is 0 Å². The summed E-state index contributed by atoms with van der Waals surface area (Å²) in [6.07, 6.45) is 6.16. The Hall–Kier alpha value is -3.04. The van der Waals surface area contributed by atoms with E-state index in [1.54, 1.807) is 18.0 Å². The van der Waals surface area contributed by atoms with Gasteiger partial charge in [-0.3, -0.25) is 0 Å². The van der Waals surface area contributed by atoms with Crippen LogP contribution >= 0.6 is 11.8 Å². The summed E-state index contributed by atoms with van der Waals surface area (Å²) in [5.74, 6) is 0.540. The highest BCUT2D eigenvalue weighted by Crippen LogP contribution is 2.29. The van der Waals surface area contributed by atoms with Crippen LogP contribution in [-0.4, -0.2) is 29.3 Å². The number of anilines is 3. The van der Waals surface area contributed by atoms with E-state index in [4.69, 9.17) is 0 Å². The lowest BCUT2D eigenvalue weighted by Gasteiger charge is -2.19. The zero-order valence-corrected chi connectivity index (χ0v) is 16.5. The minimum Gasteiger partial charge on any atom is -0.370 e. The molecule has 1 aliphatic rings. The highest BCUT2D eigenvalue weighted by molar-refractivity contribution is 7.98. The molecule has 5 nitrogen and oxygen atoms in total. The first kappa shape index (κ1) is 18.3. The van der Waals surface area contributed by atoms with Crippen LogP contribution in [0.1, 0.15) is 18.4 Å². The second-order valence-electron chi connectivity index (χ2n) is 6.66. The largest absolute Gasteiger partial charge is 0.370 e. The third kappa shape index (κ3) is 3.95. The third-order valence-electron chi connectivity index (χ3n) is 4.84. The molecule has 28 heavy (non-hydrogen) atoms. The predicted molar refractivity (Wildman–Crippen MR) is 115 cm³/mol. The minimum atomic E-state index is 0.540. The first-order valence-corrected chi connectivity index (χ1v) is 10.5. The number of nitriles is 1. The molecule has 1 saturated heterocycles.